The minimum Gasteiger partial charge on any atom is -0.504 e. The molecule has 0 heterocycles. The Morgan fingerprint density at radius 2 is 1.60 bits per heavy atom. The van der Waals surface area contributed by atoms with Crippen molar-refractivity contribution in [2.45, 2.75) is 64.1 Å². The van der Waals surface area contributed by atoms with Gasteiger partial charge in [0, 0.05) is 25.7 Å². The lowest BCUT2D eigenvalue weighted by Crippen LogP contribution is -2.59. The number of carbonyl (C=O) groups is 2. The Hall–Kier alpha value is -3.23. The van der Waals surface area contributed by atoms with Crippen molar-refractivity contribution in [3.05, 3.63) is 54.1 Å². The van der Waals surface area contributed by atoms with Gasteiger partial charge < -0.3 is 36.4 Å². The molecule has 0 unspecified atom stereocenters. The molecule has 0 saturated heterocycles. The van der Waals surface area contributed by atoms with Gasteiger partial charge >= 0.3 is 0 Å². The number of aromatic hydroxyl groups is 2. The molecule has 2 rings (SSSR count). The molecule has 2 amide bonds. The number of rotatable bonds is 16. The van der Waals surface area contributed by atoms with E-state index in [1.807, 2.05) is 44.2 Å². The highest BCUT2D eigenvalue weighted by Crippen LogP contribution is 2.29. The number of carbonyl (C=O) groups excluding carboxylic acids is 2. The van der Waals surface area contributed by atoms with Crippen LogP contribution in [0.5, 0.6) is 11.5 Å². The van der Waals surface area contributed by atoms with E-state index in [2.05, 4.69) is 16.0 Å². The van der Waals surface area contributed by atoms with Gasteiger partial charge in [0.2, 0.25) is 21.8 Å². The zero-order chi connectivity index (χ0) is 32.4. The first kappa shape index (κ1) is 36.0. The summed E-state index contributed by atoms with van der Waals surface area (Å²) in [6.45, 7) is 8.61. The Morgan fingerprint density at radius 1 is 0.953 bits per heavy atom. The molecular weight excluding hydrogens is 576 g/mol. The number of nitrogens with zero attached hydrogens (tertiary/aromatic N) is 1. The molecule has 0 spiro atoms. The molecule has 240 valence electrons. The zero-order valence-corrected chi connectivity index (χ0v) is 26.3. The van der Waals surface area contributed by atoms with Crippen LogP contribution in [-0.2, 0) is 26.0 Å². The van der Waals surface area contributed by atoms with Crippen molar-refractivity contribution >= 4 is 21.8 Å². The Labute approximate surface area is 254 Å². The number of nitrogens with one attached hydrogen (secondary N) is 3. The lowest BCUT2D eigenvalue weighted by molar-refractivity contribution is -0.132. The summed E-state index contributed by atoms with van der Waals surface area (Å²) in [5, 5.41) is 48.4. The summed E-state index contributed by atoms with van der Waals surface area (Å²) < 4.78 is 28.3. The van der Waals surface area contributed by atoms with Crippen LogP contribution in [0.3, 0.4) is 0 Å². The molecule has 13 heteroatoms. The number of benzene rings is 2. The van der Waals surface area contributed by atoms with Crippen LogP contribution < -0.4 is 16.0 Å². The van der Waals surface area contributed by atoms with Gasteiger partial charge in [0.05, 0.1) is 30.2 Å². The van der Waals surface area contributed by atoms with Gasteiger partial charge in [0.25, 0.3) is 0 Å². The van der Waals surface area contributed by atoms with E-state index in [1.165, 1.54) is 6.07 Å². The summed E-state index contributed by atoms with van der Waals surface area (Å²) in [6, 6.07) is 10.3. The molecule has 0 aliphatic heterocycles. The molecule has 0 aliphatic carbocycles. The van der Waals surface area contributed by atoms with Gasteiger partial charge in [-0.1, -0.05) is 65.0 Å². The number of hydrogen-bond donors (Lipinski definition) is 7. The van der Waals surface area contributed by atoms with E-state index in [9.17, 15) is 33.3 Å². The number of phenols is 2. The van der Waals surface area contributed by atoms with E-state index in [0.29, 0.717) is 0 Å². The number of aliphatic hydroxyl groups is 2. The zero-order valence-electron chi connectivity index (χ0n) is 25.4. The number of amides is 2. The van der Waals surface area contributed by atoms with E-state index in [0.717, 1.165) is 22.0 Å². The minimum atomic E-state index is -4.22. The van der Waals surface area contributed by atoms with Crippen molar-refractivity contribution in [3.63, 3.8) is 0 Å². The van der Waals surface area contributed by atoms with Crippen LogP contribution >= 0.6 is 0 Å². The van der Waals surface area contributed by atoms with Crippen molar-refractivity contribution in [2.75, 3.05) is 32.8 Å². The maximum Gasteiger partial charge on any atom is 0.243 e. The van der Waals surface area contributed by atoms with Gasteiger partial charge in [-0.3, -0.25) is 9.59 Å². The fourth-order valence-electron chi connectivity index (χ4n) is 4.41. The van der Waals surface area contributed by atoms with Crippen LogP contribution in [0, 0.1) is 11.3 Å². The van der Waals surface area contributed by atoms with E-state index >= 15 is 0 Å². The SMILES string of the molecule is CC(C)CN(C[C@@H](O)[C@H](Cc1ccccc1)NC(=O)[C@@H](NC(=O)CNCCO)C(C)(C)C)S(=O)(=O)c1ccc(O)c(O)c1. The fraction of sp³-hybridized carbons (Fsp3) is 0.533. The molecule has 3 atom stereocenters. The van der Waals surface area contributed by atoms with Crippen LogP contribution in [0.15, 0.2) is 53.4 Å². The van der Waals surface area contributed by atoms with Crippen molar-refractivity contribution in [2.24, 2.45) is 11.3 Å². The van der Waals surface area contributed by atoms with Crippen LogP contribution in [0.2, 0.25) is 0 Å². The predicted molar refractivity (Wildman–Crippen MR) is 163 cm³/mol. The van der Waals surface area contributed by atoms with Crippen molar-refractivity contribution < 1.29 is 38.4 Å². The standard InChI is InChI=1S/C30H46N4O8S/c1-20(2)18-34(43(41,42)22-11-12-24(36)25(37)16-22)19-26(38)23(15-21-9-7-6-8-10-21)32-29(40)28(30(3,4)5)33-27(39)17-31-13-14-35/h6-12,16,20,23,26,28,31,35-38H,13-15,17-19H2,1-5H3,(H,32,40)(H,33,39)/t23-,26+,28+/m0/s1. The van der Waals surface area contributed by atoms with Gasteiger partial charge in [-0.25, -0.2) is 8.42 Å². The summed E-state index contributed by atoms with van der Waals surface area (Å²) in [5.74, 6) is -2.19. The molecule has 0 saturated carbocycles. The number of phenolic OH excluding ortho intramolecular Hbond substituents is 2. The van der Waals surface area contributed by atoms with Crippen molar-refractivity contribution in [1.29, 1.82) is 0 Å². The average molecular weight is 623 g/mol. The molecule has 0 aromatic heterocycles. The molecule has 2 aromatic carbocycles. The number of hydrogen-bond acceptors (Lipinski definition) is 9. The maximum atomic E-state index is 13.6. The van der Waals surface area contributed by atoms with Crippen LogP contribution in [0.4, 0.5) is 0 Å². The third kappa shape index (κ3) is 11.1. The van der Waals surface area contributed by atoms with Gasteiger partial charge in [0.1, 0.15) is 6.04 Å². The highest BCUT2D eigenvalue weighted by Gasteiger charge is 2.36. The first-order valence-electron chi connectivity index (χ1n) is 14.2. The van der Waals surface area contributed by atoms with Crippen LogP contribution in [-0.4, -0.2) is 95.9 Å². The Kier molecular flexibility index (Phi) is 13.4. The highest BCUT2D eigenvalue weighted by atomic mass is 32.2. The molecule has 0 fully saturated rings. The Balaban J connectivity index is 2.39. The smallest absolute Gasteiger partial charge is 0.243 e. The third-order valence-corrected chi connectivity index (χ3v) is 8.47. The van der Waals surface area contributed by atoms with Crippen molar-refractivity contribution in [3.8, 4) is 11.5 Å². The van der Waals surface area contributed by atoms with Crippen molar-refractivity contribution in [1.82, 2.24) is 20.3 Å². The highest BCUT2D eigenvalue weighted by molar-refractivity contribution is 7.89. The van der Waals surface area contributed by atoms with E-state index in [4.69, 9.17) is 5.11 Å². The second kappa shape index (κ2) is 16.0. The van der Waals surface area contributed by atoms with Gasteiger partial charge in [0.15, 0.2) is 11.5 Å². The lowest BCUT2D eigenvalue weighted by Gasteiger charge is -2.34. The molecule has 0 bridgehead atoms. The third-order valence-electron chi connectivity index (χ3n) is 6.64. The van der Waals surface area contributed by atoms with Crippen LogP contribution in [0.25, 0.3) is 0 Å². The molecule has 43 heavy (non-hydrogen) atoms. The average Bonchev–Trinajstić information content (AvgIpc) is 2.92. The molecule has 7 N–H and O–H groups in total. The number of aliphatic hydroxyl groups excluding tert-OH is 2. The first-order chi connectivity index (χ1) is 20.1. The lowest BCUT2D eigenvalue weighted by atomic mass is 9.85. The molecule has 0 radical (unpaired) electrons. The summed E-state index contributed by atoms with van der Waals surface area (Å²) in [4.78, 5) is 25.9. The fourth-order valence-corrected chi connectivity index (χ4v) is 6.05. The van der Waals surface area contributed by atoms with Gasteiger partial charge in [-0.2, -0.15) is 4.31 Å². The summed E-state index contributed by atoms with van der Waals surface area (Å²) in [7, 11) is -4.22. The second-order valence-corrected chi connectivity index (χ2v) is 13.9. The molecule has 12 nitrogen and oxygen atoms in total. The predicted octanol–water partition coefficient (Wildman–Crippen LogP) is 0.946. The molecular formula is C30H46N4O8S. The monoisotopic (exact) mass is 622 g/mol. The summed E-state index contributed by atoms with van der Waals surface area (Å²) >= 11 is 0. The number of sulfonamides is 1. The second-order valence-electron chi connectivity index (χ2n) is 12.0. The Morgan fingerprint density at radius 3 is 2.16 bits per heavy atom. The molecule has 2 aromatic rings. The normalized spacial score (nSPS) is 14.3. The van der Waals surface area contributed by atoms with E-state index in [-0.39, 0.29) is 50.0 Å². The van der Waals surface area contributed by atoms with Gasteiger partial charge in [-0.15, -0.1) is 0 Å². The van der Waals surface area contributed by atoms with Gasteiger partial charge in [-0.05, 0) is 35.4 Å². The largest absolute Gasteiger partial charge is 0.504 e. The Bertz CT molecular complexity index is 1300. The van der Waals surface area contributed by atoms with Crippen LogP contribution in [0.1, 0.15) is 40.2 Å². The topological polar surface area (TPSA) is 189 Å². The molecule has 0 aliphatic rings. The van der Waals surface area contributed by atoms with E-state index in [1.54, 1.807) is 20.8 Å². The first-order valence-corrected chi connectivity index (χ1v) is 15.7. The van der Waals surface area contributed by atoms with E-state index < -0.39 is 56.9 Å². The summed E-state index contributed by atoms with van der Waals surface area (Å²) in [6.07, 6.45) is -1.20. The maximum absolute atomic E-state index is 13.6. The quantitative estimate of drug-likeness (QED) is 0.106. The summed E-state index contributed by atoms with van der Waals surface area (Å²) in [5.41, 5.74) is 0.0745. The minimum absolute atomic E-state index is 0.0363.